The Morgan fingerprint density at radius 1 is 0.367 bits per heavy atom. The highest BCUT2D eigenvalue weighted by molar-refractivity contribution is 7.86. The molecule has 64 nitrogen and oxygen atoms in total. The summed E-state index contributed by atoms with van der Waals surface area (Å²) in [6.45, 7) is -0.270. The van der Waals surface area contributed by atoms with E-state index >= 15 is 0 Å². The van der Waals surface area contributed by atoms with Gasteiger partial charge >= 0.3 is 129 Å². The third-order valence-electron chi connectivity index (χ3n) is 9.78. The Bertz CT molecular complexity index is 3310. The van der Waals surface area contributed by atoms with Crippen LogP contribution in [-0.2, 0) is 78.8 Å². The number of hydrogen-bond donors (Lipinski definition) is 47. The van der Waals surface area contributed by atoms with Crippen LogP contribution in [0.5, 0.6) is 0 Å². The molecule has 47 N–H and O–H groups in total. The zero-order valence-electron chi connectivity index (χ0n) is 46.2. The molecule has 0 radical (unpaired) electrons. The molecule has 0 aliphatic carbocycles. The van der Waals surface area contributed by atoms with Crippen LogP contribution >= 0.6 is 106 Å². The highest BCUT2D eigenvalue weighted by atomic mass is 32.2. The summed E-state index contributed by atoms with van der Waals surface area (Å²) in [5, 5.41) is 138. The molecule has 600 valence electrons. The Kier molecular flexibility index (Phi) is 40.1. The molecule has 98 heavy (non-hydrogen) atoms. The molecular weight excluding hydrogens is 1720 g/mol. The summed E-state index contributed by atoms with van der Waals surface area (Å²) >= 11 is 0. The summed E-state index contributed by atoms with van der Waals surface area (Å²) in [5.74, 6) is -7.63. The SMILES string of the molecule is CC(O)(P(=O)(O)O)P(=O)(O)O.CCC(O)(P(=O)(O)O)P(=O)(O)O.O=C(O)CC(O)(C(O)(O)P(=O)(O)O)P(=O)(O)O.O=P(O)(O)C(O)(CO)P(=O)(O)O.O=P(O)(O)C(O)(O)C(O)(O)P(=O)(O)O.O=P(O)(O)C(O)(O)CC(O)(O)P(=O)(O)O.O=P(O)(O)C(O)C(O)(CS(=O)(=O)O)P(=O)(O)O. The molecule has 3 unspecified atom stereocenters. The Morgan fingerprint density at radius 2 is 0.602 bits per heavy atom. The topological polar surface area (TPSA) is 1240 Å². The van der Waals surface area contributed by atoms with Crippen LogP contribution in [0.3, 0.4) is 0 Å². The number of aliphatic hydroxyl groups is 17. The van der Waals surface area contributed by atoms with Gasteiger partial charge in [0.15, 0.2) is 5.85 Å². The van der Waals surface area contributed by atoms with E-state index in [0.717, 1.165) is 6.92 Å². The lowest BCUT2D eigenvalue weighted by atomic mass is 10.2. The van der Waals surface area contributed by atoms with E-state index in [1.165, 1.54) is 0 Å². The minimum atomic E-state index is -6.04. The summed E-state index contributed by atoms with van der Waals surface area (Å²) in [6.07, 6.45) is -4.74. The van der Waals surface area contributed by atoms with Gasteiger partial charge in [0, 0.05) is 0 Å². The zero-order chi connectivity index (χ0) is 83.2. The van der Waals surface area contributed by atoms with Crippen LogP contribution in [0.15, 0.2) is 0 Å². The molecule has 0 amide bonds. The van der Waals surface area contributed by atoms with Gasteiger partial charge in [-0.3, -0.25) is 73.3 Å². The van der Waals surface area contributed by atoms with E-state index in [-0.39, 0.29) is 0 Å². The summed E-state index contributed by atoms with van der Waals surface area (Å²) in [6, 6.07) is 0. The quantitative estimate of drug-likeness (QED) is 0.0229. The molecule has 0 rings (SSSR count). The standard InChI is InChI=1S/C4H10O11P2.C3H10O11P2S.C3H10O10P2.C3H10O7P2.C2H8O10P2.C2H8O8P2.C2H8O7P2/c5-2(6)1-3(7,16(10,11)12)4(8,9)17(13,14)15;4-2(15(6,7)8)3(5,16(9,10)11)1-17(12,13)14;4-2(5,14(8,9)10)1-3(6,7)15(11,12)13;1-2-3(4,11(5,6)7)12(8,9)10;3-1(4,13(7,8)9)2(5,6)14(10,11)12;3-1-2(4,11(5,6)7)12(8,9)10;1-2(3,10(4,5)6)11(7,8)9/h7-9H,1H2,(H,5,6)(H2,10,11,12)(H2,13,14,15);2,4-5H,1H2,(H2,6,7,8)(H2,9,10,11)(H,12,13,14);4-7H,1H2,(H2,8,9,10)(H2,11,12,13);4H,2H2,1H3,(H2,5,6,7)(H2,8,9,10);3-6H,(H2,7,8,9)(H2,10,11,12);3-4H,1H2,(H2,5,6,7)(H2,8,9,10);3H,1H3,(H2,4,5,6)(H2,7,8,9). The number of hydrogen-bond acceptors (Lipinski definition) is 34. The van der Waals surface area contributed by atoms with Crippen molar-refractivity contribution in [2.45, 2.75) is 92.5 Å². The molecule has 0 saturated heterocycles. The summed E-state index contributed by atoms with van der Waals surface area (Å²) in [7, 11) is -83.6. The van der Waals surface area contributed by atoms with Crippen molar-refractivity contribution in [1.82, 2.24) is 0 Å². The summed E-state index contributed by atoms with van der Waals surface area (Å²) in [4.78, 5) is 244. The predicted molar refractivity (Wildman–Crippen MR) is 292 cm³/mol. The van der Waals surface area contributed by atoms with Crippen molar-refractivity contribution in [3.8, 4) is 0 Å². The van der Waals surface area contributed by atoms with Gasteiger partial charge in [-0.15, -0.1) is 0 Å². The van der Waals surface area contributed by atoms with E-state index in [2.05, 4.69) is 0 Å². The first-order valence-electron chi connectivity index (χ1n) is 21.0. The van der Waals surface area contributed by atoms with Crippen LogP contribution in [0.4, 0.5) is 0 Å². The van der Waals surface area contributed by atoms with E-state index in [9.17, 15) is 87.3 Å². The van der Waals surface area contributed by atoms with E-state index in [1.54, 1.807) is 0 Å². The van der Waals surface area contributed by atoms with Crippen molar-refractivity contribution in [3.05, 3.63) is 0 Å². The number of rotatable bonds is 25. The maximum absolute atomic E-state index is 10.8. The lowest BCUT2D eigenvalue weighted by Crippen LogP contribution is -2.54. The smallest absolute Gasteiger partial charge is 0.391 e. The molecule has 0 aromatic carbocycles. The van der Waals surface area contributed by atoms with Crippen LogP contribution in [-0.4, -0.2) is 320 Å². The second-order valence-electron chi connectivity index (χ2n) is 17.7. The molecule has 79 heteroatoms. The van der Waals surface area contributed by atoms with E-state index < -0.39 is 213 Å². The largest absolute Gasteiger partial charge is 0.481 e. The fraction of sp³-hybridized carbons (Fsp3) is 0.947. The van der Waals surface area contributed by atoms with Crippen molar-refractivity contribution in [1.29, 1.82) is 0 Å². The molecule has 3 atom stereocenters. The maximum Gasteiger partial charge on any atom is 0.391 e. The van der Waals surface area contributed by atoms with Gasteiger partial charge in [0.25, 0.3) is 36.4 Å². The van der Waals surface area contributed by atoms with E-state index in [1.807, 2.05) is 0 Å². The van der Waals surface area contributed by atoms with Gasteiger partial charge in [-0.25, -0.2) is 0 Å². The Labute approximate surface area is 536 Å². The van der Waals surface area contributed by atoms with Crippen molar-refractivity contribution in [3.63, 3.8) is 0 Å². The monoisotopic (exact) mass is 1780 g/mol. The van der Waals surface area contributed by atoms with Gasteiger partial charge in [0.2, 0.25) is 10.7 Å². The van der Waals surface area contributed by atoms with Crippen LogP contribution in [0.2, 0.25) is 0 Å². The molecule has 0 fully saturated rings. The third-order valence-corrected chi connectivity index (χ3v) is 32.4. The molecule has 0 spiro atoms. The number of aliphatic carboxylic acids is 1. The van der Waals surface area contributed by atoms with Gasteiger partial charge in [-0.05, 0) is 13.3 Å². The molecular formula is C19H64O64P14S. The fourth-order valence-electron chi connectivity index (χ4n) is 3.73. The molecule has 0 aromatic rings. The molecule has 0 aromatic heterocycles. The highest BCUT2D eigenvalue weighted by Crippen LogP contribution is 2.71. The minimum absolute atomic E-state index is 0.383. The van der Waals surface area contributed by atoms with Crippen LogP contribution in [0.1, 0.15) is 33.1 Å². The van der Waals surface area contributed by atoms with Crippen LogP contribution in [0, 0.1) is 0 Å². The van der Waals surface area contributed by atoms with Crippen LogP contribution < -0.4 is 0 Å². The number of aliphatic hydroxyl groups excluding tert-OH is 2. The Hall–Kier alpha value is 0.800. The maximum atomic E-state index is 10.8. The van der Waals surface area contributed by atoms with Gasteiger partial charge in [-0.1, -0.05) is 6.92 Å². The van der Waals surface area contributed by atoms with E-state index in [4.69, 9.17) is 223 Å². The number of carboxylic acid groups (broad SMARTS) is 1. The first-order chi connectivity index (χ1) is 40.9. The predicted octanol–water partition coefficient (Wildman–Crippen LogP) is -15.6. The Morgan fingerprint density at radius 3 is 0.694 bits per heavy atom. The average Bonchev–Trinajstić information content (AvgIpc) is 0.751. The van der Waals surface area contributed by atoms with Gasteiger partial charge in [0.05, 0.1) is 19.4 Å². The van der Waals surface area contributed by atoms with Gasteiger partial charge < -0.3 is 229 Å². The van der Waals surface area contributed by atoms with E-state index in [0.29, 0.717) is 6.92 Å². The summed E-state index contributed by atoms with van der Waals surface area (Å²) in [5.41, 5.74) is -21.8. The van der Waals surface area contributed by atoms with Crippen molar-refractivity contribution in [2.75, 3.05) is 12.4 Å². The normalized spacial score (nSPS) is 16.4. The molecule has 0 heterocycles. The second-order valence-corrected chi connectivity index (χ2v) is 45.5. The molecule has 0 bridgehead atoms. The van der Waals surface area contributed by atoms with Crippen LogP contribution in [0.25, 0.3) is 0 Å². The fourth-order valence-corrected chi connectivity index (χ4v) is 17.4. The third kappa shape index (κ3) is 30.5. The zero-order valence-corrected chi connectivity index (χ0v) is 59.6. The molecule has 0 aliphatic heterocycles. The number of carbonyl (C=O) groups is 1. The lowest BCUT2D eigenvalue weighted by Gasteiger charge is -2.37. The number of carboxylic acids is 1. The van der Waals surface area contributed by atoms with Gasteiger partial charge in [-0.2, -0.15) is 8.42 Å². The van der Waals surface area contributed by atoms with Crippen molar-refractivity contribution in [2.24, 2.45) is 0 Å². The average molecular weight is 1780 g/mol. The molecule has 0 saturated carbocycles. The van der Waals surface area contributed by atoms with Crippen molar-refractivity contribution < 1.29 is 311 Å². The first kappa shape index (κ1) is 112. The van der Waals surface area contributed by atoms with Gasteiger partial charge in [0.1, 0.15) is 5.75 Å². The summed E-state index contributed by atoms with van der Waals surface area (Å²) < 4.78 is 175. The molecule has 0 aliphatic rings. The van der Waals surface area contributed by atoms with Crippen molar-refractivity contribution >= 4 is 122 Å². The Balaban J connectivity index is -0.000000198. The first-order valence-corrected chi connectivity index (χ1v) is 45.2. The lowest BCUT2D eigenvalue weighted by molar-refractivity contribution is -0.281. The minimum Gasteiger partial charge on any atom is -0.481 e. The second kappa shape index (κ2) is 35.0. The highest BCUT2D eigenvalue weighted by Gasteiger charge is 2.71.